The Bertz CT molecular complexity index is 895. The van der Waals surface area contributed by atoms with Crippen LogP contribution in [0.2, 0.25) is 0 Å². The van der Waals surface area contributed by atoms with Crippen LogP contribution in [0.15, 0.2) is 60.9 Å². The van der Waals surface area contributed by atoms with Gasteiger partial charge in [0.2, 0.25) is 5.88 Å². The Kier molecular flexibility index (Phi) is 5.25. The lowest BCUT2D eigenvalue weighted by molar-refractivity contribution is 0.419. The first-order valence-electron chi connectivity index (χ1n) is 9.11. The lowest BCUT2D eigenvalue weighted by Gasteiger charge is -2.24. The van der Waals surface area contributed by atoms with Gasteiger partial charge in [0, 0.05) is 23.6 Å². The molecule has 0 saturated carbocycles. The molecule has 0 bridgehead atoms. The molecule has 3 aromatic rings. The zero-order valence-electron chi connectivity index (χ0n) is 14.9. The van der Waals surface area contributed by atoms with E-state index in [-0.39, 0.29) is 5.82 Å². The smallest absolute Gasteiger partial charge is 0.222 e. The van der Waals surface area contributed by atoms with Gasteiger partial charge in [-0.1, -0.05) is 6.07 Å². The van der Waals surface area contributed by atoms with Gasteiger partial charge in [-0.15, -0.1) is 0 Å². The lowest BCUT2D eigenvalue weighted by atomic mass is 9.91. The minimum atomic E-state index is -0.391. The van der Waals surface area contributed by atoms with Crippen molar-refractivity contribution in [2.24, 2.45) is 0 Å². The Hall–Kier alpha value is -2.99. The van der Waals surface area contributed by atoms with E-state index in [1.54, 1.807) is 18.5 Å². The van der Waals surface area contributed by atoms with E-state index in [0.29, 0.717) is 17.5 Å². The van der Waals surface area contributed by atoms with Crippen LogP contribution in [0.4, 0.5) is 15.9 Å². The number of halogens is 1. The predicted octanol–water partition coefficient (Wildman–Crippen LogP) is 4.62. The standard InChI is InChI=1S/C21H21FN4O/c22-19-4-2-11-24-20(19)26-16-5-7-17(8-6-16)27-21-18(3-1-12-25-21)15-9-13-23-14-10-15/h1-8,11-12,15,23H,9-10,13-14H2,(H,24,26). The first-order chi connectivity index (χ1) is 13.3. The van der Waals surface area contributed by atoms with E-state index in [4.69, 9.17) is 4.74 Å². The third-order valence-corrected chi connectivity index (χ3v) is 4.67. The van der Waals surface area contributed by atoms with Crippen LogP contribution in [0.25, 0.3) is 0 Å². The van der Waals surface area contributed by atoms with Crippen molar-refractivity contribution in [1.82, 2.24) is 15.3 Å². The molecule has 1 aromatic carbocycles. The second-order valence-electron chi connectivity index (χ2n) is 6.51. The van der Waals surface area contributed by atoms with E-state index in [0.717, 1.165) is 37.2 Å². The van der Waals surface area contributed by atoms with Gasteiger partial charge < -0.3 is 15.4 Å². The van der Waals surface area contributed by atoms with Crippen LogP contribution in [0.3, 0.4) is 0 Å². The molecule has 1 fully saturated rings. The summed E-state index contributed by atoms with van der Waals surface area (Å²) >= 11 is 0. The molecular weight excluding hydrogens is 343 g/mol. The fourth-order valence-electron chi connectivity index (χ4n) is 3.26. The number of hydrogen-bond donors (Lipinski definition) is 2. The van der Waals surface area contributed by atoms with Crippen molar-refractivity contribution in [3.05, 3.63) is 72.3 Å². The number of nitrogens with one attached hydrogen (secondary N) is 2. The Labute approximate surface area is 157 Å². The number of anilines is 2. The Morgan fingerprint density at radius 1 is 0.963 bits per heavy atom. The summed E-state index contributed by atoms with van der Waals surface area (Å²) in [7, 11) is 0. The van der Waals surface area contributed by atoms with Gasteiger partial charge in [-0.2, -0.15) is 0 Å². The van der Waals surface area contributed by atoms with Crippen LogP contribution in [-0.4, -0.2) is 23.1 Å². The SMILES string of the molecule is Fc1cccnc1Nc1ccc(Oc2ncccc2C2CCNCC2)cc1. The molecule has 0 radical (unpaired) electrons. The highest BCUT2D eigenvalue weighted by molar-refractivity contribution is 5.57. The average Bonchev–Trinajstić information content (AvgIpc) is 2.72. The molecule has 2 N–H and O–H groups in total. The molecule has 0 unspecified atom stereocenters. The number of rotatable bonds is 5. The summed E-state index contributed by atoms with van der Waals surface area (Å²) in [5, 5.41) is 6.35. The average molecular weight is 364 g/mol. The Morgan fingerprint density at radius 3 is 2.48 bits per heavy atom. The lowest BCUT2D eigenvalue weighted by Crippen LogP contribution is -2.26. The van der Waals surface area contributed by atoms with E-state index < -0.39 is 5.82 Å². The summed E-state index contributed by atoms with van der Waals surface area (Å²) in [5.74, 6) is 1.61. The van der Waals surface area contributed by atoms with Crippen LogP contribution >= 0.6 is 0 Å². The maximum absolute atomic E-state index is 13.7. The van der Waals surface area contributed by atoms with Crippen molar-refractivity contribution < 1.29 is 9.13 Å². The maximum Gasteiger partial charge on any atom is 0.222 e. The summed E-state index contributed by atoms with van der Waals surface area (Å²) in [6, 6.07) is 14.3. The maximum atomic E-state index is 13.7. The van der Waals surface area contributed by atoms with Crippen LogP contribution in [0, 0.1) is 5.82 Å². The van der Waals surface area contributed by atoms with E-state index in [9.17, 15) is 4.39 Å². The van der Waals surface area contributed by atoms with Gasteiger partial charge in [0.25, 0.3) is 0 Å². The van der Waals surface area contributed by atoms with Crippen molar-refractivity contribution in [1.29, 1.82) is 0 Å². The van der Waals surface area contributed by atoms with E-state index in [2.05, 4.69) is 26.7 Å². The Morgan fingerprint density at radius 2 is 1.70 bits per heavy atom. The predicted molar refractivity (Wildman–Crippen MR) is 103 cm³/mol. The van der Waals surface area contributed by atoms with E-state index in [1.807, 2.05) is 30.3 Å². The largest absolute Gasteiger partial charge is 0.439 e. The third kappa shape index (κ3) is 4.23. The normalized spacial score (nSPS) is 14.7. The topological polar surface area (TPSA) is 59.1 Å². The minimum Gasteiger partial charge on any atom is -0.439 e. The van der Waals surface area contributed by atoms with Crippen molar-refractivity contribution in [2.45, 2.75) is 18.8 Å². The molecule has 0 aliphatic carbocycles. The number of ether oxygens (including phenoxy) is 1. The first kappa shape index (κ1) is 17.4. The van der Waals surface area contributed by atoms with Crippen LogP contribution < -0.4 is 15.4 Å². The third-order valence-electron chi connectivity index (χ3n) is 4.67. The number of hydrogen-bond acceptors (Lipinski definition) is 5. The van der Waals surface area contributed by atoms with Gasteiger partial charge >= 0.3 is 0 Å². The highest BCUT2D eigenvalue weighted by atomic mass is 19.1. The van der Waals surface area contributed by atoms with Crippen molar-refractivity contribution >= 4 is 11.5 Å². The van der Waals surface area contributed by atoms with Gasteiger partial charge in [-0.25, -0.2) is 14.4 Å². The fourth-order valence-corrected chi connectivity index (χ4v) is 3.26. The summed E-state index contributed by atoms with van der Waals surface area (Å²) in [4.78, 5) is 8.43. The molecule has 1 aliphatic rings. The fraction of sp³-hybridized carbons (Fsp3) is 0.238. The Balaban J connectivity index is 1.48. The van der Waals surface area contributed by atoms with Crippen LogP contribution in [0.1, 0.15) is 24.3 Å². The van der Waals surface area contributed by atoms with Crippen LogP contribution in [-0.2, 0) is 0 Å². The van der Waals surface area contributed by atoms with Crippen LogP contribution in [0.5, 0.6) is 11.6 Å². The molecule has 0 atom stereocenters. The van der Waals surface area contributed by atoms with Crippen molar-refractivity contribution in [3.63, 3.8) is 0 Å². The zero-order chi connectivity index (χ0) is 18.5. The summed E-state index contributed by atoms with van der Waals surface area (Å²) in [6.45, 7) is 2.03. The molecule has 0 spiro atoms. The van der Waals surface area contributed by atoms with Gasteiger partial charge in [0.1, 0.15) is 5.75 Å². The summed E-state index contributed by atoms with van der Waals surface area (Å²) < 4.78 is 19.7. The van der Waals surface area contributed by atoms with Gasteiger partial charge in [0.15, 0.2) is 11.6 Å². The van der Waals surface area contributed by atoms with Gasteiger partial charge in [-0.3, -0.25) is 0 Å². The molecule has 27 heavy (non-hydrogen) atoms. The molecule has 1 aliphatic heterocycles. The molecule has 138 valence electrons. The number of nitrogens with zero attached hydrogens (tertiary/aromatic N) is 2. The quantitative estimate of drug-likeness (QED) is 0.692. The number of piperidine rings is 1. The molecule has 3 heterocycles. The number of pyridine rings is 2. The molecule has 5 nitrogen and oxygen atoms in total. The second kappa shape index (κ2) is 8.14. The van der Waals surface area contributed by atoms with Crippen molar-refractivity contribution in [2.75, 3.05) is 18.4 Å². The zero-order valence-corrected chi connectivity index (χ0v) is 14.9. The summed E-state index contributed by atoms with van der Waals surface area (Å²) in [6.07, 6.45) is 5.47. The summed E-state index contributed by atoms with van der Waals surface area (Å²) in [5.41, 5.74) is 1.89. The molecule has 2 aromatic heterocycles. The second-order valence-corrected chi connectivity index (χ2v) is 6.51. The molecule has 1 saturated heterocycles. The monoisotopic (exact) mass is 364 g/mol. The molecule has 6 heteroatoms. The first-order valence-corrected chi connectivity index (χ1v) is 9.11. The van der Waals surface area contributed by atoms with Gasteiger partial charge in [-0.05, 0) is 74.3 Å². The van der Waals surface area contributed by atoms with E-state index in [1.165, 1.54) is 6.07 Å². The molecule has 4 rings (SSSR count). The number of aromatic nitrogens is 2. The highest BCUT2D eigenvalue weighted by Gasteiger charge is 2.20. The van der Waals surface area contributed by atoms with Gasteiger partial charge in [0.05, 0.1) is 0 Å². The highest BCUT2D eigenvalue weighted by Crippen LogP contribution is 2.33. The minimum absolute atomic E-state index is 0.198. The van der Waals surface area contributed by atoms with Crippen molar-refractivity contribution in [3.8, 4) is 11.6 Å². The molecule has 0 amide bonds. The molecular formula is C21H21FN4O. The number of benzene rings is 1. The van der Waals surface area contributed by atoms with E-state index >= 15 is 0 Å².